The van der Waals surface area contributed by atoms with E-state index in [1.807, 2.05) is 0 Å². The summed E-state index contributed by atoms with van der Waals surface area (Å²) in [5, 5.41) is 7.37. The van der Waals surface area contributed by atoms with Gasteiger partial charge in [0.1, 0.15) is 12.4 Å². The van der Waals surface area contributed by atoms with E-state index in [2.05, 4.69) is 10.2 Å². The van der Waals surface area contributed by atoms with Crippen LogP contribution in [0.2, 0.25) is 0 Å². The topological polar surface area (TPSA) is 92.4 Å². The summed E-state index contributed by atoms with van der Waals surface area (Å²) in [6.45, 7) is 1.29. The van der Waals surface area contributed by atoms with Crippen LogP contribution in [0.5, 0.6) is 0 Å². The molecule has 1 aromatic rings. The highest BCUT2D eigenvalue weighted by Crippen LogP contribution is 2.07. The molecule has 96 valence electrons. The van der Waals surface area contributed by atoms with Gasteiger partial charge in [0.05, 0.1) is 0 Å². The lowest BCUT2D eigenvalue weighted by molar-refractivity contribution is -0.129. The molecule has 1 aliphatic rings. The summed E-state index contributed by atoms with van der Waals surface area (Å²) in [5.41, 5.74) is 5.62. The molecule has 2 amide bonds. The van der Waals surface area contributed by atoms with Crippen molar-refractivity contribution in [2.45, 2.75) is 6.42 Å². The molecule has 1 aromatic heterocycles. The maximum Gasteiger partial charge on any atom is 0.274 e. The first kappa shape index (κ1) is 12.3. The fourth-order valence-electron chi connectivity index (χ4n) is 1.78. The number of amides is 2. The molecule has 0 spiro atoms. The van der Waals surface area contributed by atoms with Crippen LogP contribution in [0.4, 0.5) is 5.82 Å². The number of carbonyl (C=O) groups excluding carboxylic acids is 2. The number of hydrogen-bond donors (Lipinski definition) is 1. The van der Waals surface area contributed by atoms with E-state index < -0.39 is 0 Å². The molecule has 0 unspecified atom stereocenters. The zero-order valence-electron chi connectivity index (χ0n) is 10.2. The lowest BCUT2D eigenvalue weighted by Gasteiger charge is -2.18. The molecule has 7 nitrogen and oxygen atoms in total. The van der Waals surface area contributed by atoms with Crippen molar-refractivity contribution in [2.75, 3.05) is 32.4 Å². The van der Waals surface area contributed by atoms with Gasteiger partial charge in [-0.05, 0) is 18.6 Å². The number of likely N-dealkylation sites (N-methyl/N-ethyl adjacent to an activating group) is 1. The minimum absolute atomic E-state index is 0.0655. The third kappa shape index (κ3) is 2.55. The van der Waals surface area contributed by atoms with E-state index in [1.165, 1.54) is 17.0 Å². The maximum absolute atomic E-state index is 12.1. The Bertz CT molecular complexity index is 459. The standard InChI is InChI=1S/C11H15N5O2/c1-15-5-2-6-16(7-10(15)17)11(18)8-3-4-9(12)14-13-8/h3-4H,2,5-7H2,1H3,(H2,12,14). The molecule has 7 heteroatoms. The van der Waals surface area contributed by atoms with Crippen LogP contribution in [0.15, 0.2) is 12.1 Å². The minimum Gasteiger partial charge on any atom is -0.382 e. The zero-order chi connectivity index (χ0) is 13.1. The number of nitrogen functional groups attached to an aromatic ring is 1. The van der Waals surface area contributed by atoms with Gasteiger partial charge in [-0.15, -0.1) is 10.2 Å². The number of anilines is 1. The van der Waals surface area contributed by atoms with Crippen LogP contribution in [0.1, 0.15) is 16.9 Å². The van der Waals surface area contributed by atoms with Crippen LogP contribution in [0, 0.1) is 0 Å². The highest BCUT2D eigenvalue weighted by molar-refractivity contribution is 5.95. The number of aromatic nitrogens is 2. The van der Waals surface area contributed by atoms with Crippen molar-refractivity contribution in [2.24, 2.45) is 0 Å². The first-order valence-electron chi connectivity index (χ1n) is 5.70. The third-order valence-corrected chi connectivity index (χ3v) is 2.86. The summed E-state index contributed by atoms with van der Waals surface area (Å²) < 4.78 is 0. The van der Waals surface area contributed by atoms with E-state index in [1.54, 1.807) is 11.9 Å². The van der Waals surface area contributed by atoms with Gasteiger partial charge in [0.15, 0.2) is 5.69 Å². The monoisotopic (exact) mass is 249 g/mol. The van der Waals surface area contributed by atoms with Crippen LogP contribution in [0.3, 0.4) is 0 Å². The van der Waals surface area contributed by atoms with Gasteiger partial charge in [-0.2, -0.15) is 0 Å². The normalized spacial score (nSPS) is 16.6. The predicted octanol–water partition coefficient (Wildman–Crippen LogP) is -0.637. The lowest BCUT2D eigenvalue weighted by Crippen LogP contribution is -2.38. The Labute approximate surface area is 105 Å². The lowest BCUT2D eigenvalue weighted by atomic mass is 10.3. The fraction of sp³-hybridized carbons (Fsp3) is 0.455. The van der Waals surface area contributed by atoms with Gasteiger partial charge < -0.3 is 15.5 Å². The quantitative estimate of drug-likeness (QED) is 0.715. The summed E-state index contributed by atoms with van der Waals surface area (Å²) >= 11 is 0. The molecule has 0 radical (unpaired) electrons. The molecule has 0 saturated carbocycles. The van der Waals surface area contributed by atoms with Crippen molar-refractivity contribution in [3.05, 3.63) is 17.8 Å². The zero-order valence-corrected chi connectivity index (χ0v) is 10.2. The third-order valence-electron chi connectivity index (χ3n) is 2.86. The molecular weight excluding hydrogens is 234 g/mol. The Morgan fingerprint density at radius 2 is 2.11 bits per heavy atom. The molecule has 2 heterocycles. The van der Waals surface area contributed by atoms with E-state index in [4.69, 9.17) is 5.73 Å². The highest BCUT2D eigenvalue weighted by Gasteiger charge is 2.24. The Morgan fingerprint density at radius 1 is 1.33 bits per heavy atom. The largest absolute Gasteiger partial charge is 0.382 e. The summed E-state index contributed by atoms with van der Waals surface area (Å²) in [6, 6.07) is 3.04. The second-order valence-corrected chi connectivity index (χ2v) is 4.24. The molecule has 2 rings (SSSR count). The second-order valence-electron chi connectivity index (χ2n) is 4.24. The number of rotatable bonds is 1. The fourth-order valence-corrected chi connectivity index (χ4v) is 1.78. The van der Waals surface area contributed by atoms with Crippen molar-refractivity contribution in [1.82, 2.24) is 20.0 Å². The molecule has 0 aliphatic carbocycles. The SMILES string of the molecule is CN1CCCN(C(=O)c2ccc(N)nn2)CC1=O. The summed E-state index contributed by atoms with van der Waals surface area (Å²) in [4.78, 5) is 26.9. The Balaban J connectivity index is 2.13. The van der Waals surface area contributed by atoms with Gasteiger partial charge in [-0.25, -0.2) is 0 Å². The first-order valence-corrected chi connectivity index (χ1v) is 5.70. The van der Waals surface area contributed by atoms with Crippen LogP contribution < -0.4 is 5.73 Å². The van der Waals surface area contributed by atoms with Crippen molar-refractivity contribution in [3.63, 3.8) is 0 Å². The molecule has 1 fully saturated rings. The number of nitrogens with two attached hydrogens (primary N) is 1. The van der Waals surface area contributed by atoms with E-state index in [0.29, 0.717) is 13.1 Å². The van der Waals surface area contributed by atoms with E-state index in [0.717, 1.165) is 6.42 Å². The average molecular weight is 249 g/mol. The van der Waals surface area contributed by atoms with Crippen LogP contribution in [0.25, 0.3) is 0 Å². The smallest absolute Gasteiger partial charge is 0.274 e. The molecule has 2 N–H and O–H groups in total. The molecule has 18 heavy (non-hydrogen) atoms. The summed E-state index contributed by atoms with van der Waals surface area (Å²) in [5.74, 6) is -0.0892. The molecule has 0 aromatic carbocycles. The predicted molar refractivity (Wildman–Crippen MR) is 64.6 cm³/mol. The number of nitrogens with zero attached hydrogens (tertiary/aromatic N) is 4. The molecule has 1 saturated heterocycles. The van der Waals surface area contributed by atoms with Gasteiger partial charge in [-0.3, -0.25) is 9.59 Å². The van der Waals surface area contributed by atoms with Gasteiger partial charge in [0, 0.05) is 20.1 Å². The Kier molecular flexibility index (Phi) is 3.40. The highest BCUT2D eigenvalue weighted by atomic mass is 16.2. The van der Waals surface area contributed by atoms with E-state index in [-0.39, 0.29) is 29.9 Å². The number of hydrogen-bond acceptors (Lipinski definition) is 5. The van der Waals surface area contributed by atoms with Gasteiger partial charge in [0.25, 0.3) is 5.91 Å². The van der Waals surface area contributed by atoms with Crippen LogP contribution in [-0.4, -0.2) is 58.5 Å². The maximum atomic E-state index is 12.1. The molecule has 0 bridgehead atoms. The van der Waals surface area contributed by atoms with Crippen molar-refractivity contribution >= 4 is 17.6 Å². The van der Waals surface area contributed by atoms with Crippen LogP contribution >= 0.6 is 0 Å². The summed E-state index contributed by atoms with van der Waals surface area (Å²) in [6.07, 6.45) is 0.760. The molecule has 0 atom stereocenters. The minimum atomic E-state index is -0.286. The van der Waals surface area contributed by atoms with Crippen LogP contribution in [-0.2, 0) is 4.79 Å². The molecular formula is C11H15N5O2. The second kappa shape index (κ2) is 4.99. The molecule has 1 aliphatic heterocycles. The van der Waals surface area contributed by atoms with Crippen molar-refractivity contribution in [3.8, 4) is 0 Å². The Morgan fingerprint density at radius 3 is 2.78 bits per heavy atom. The first-order chi connectivity index (χ1) is 8.58. The van der Waals surface area contributed by atoms with Crippen molar-refractivity contribution < 1.29 is 9.59 Å². The number of carbonyl (C=O) groups is 2. The van der Waals surface area contributed by atoms with Gasteiger partial charge >= 0.3 is 0 Å². The van der Waals surface area contributed by atoms with E-state index in [9.17, 15) is 9.59 Å². The summed E-state index contributed by atoms with van der Waals surface area (Å²) in [7, 11) is 1.74. The Hall–Kier alpha value is -2.18. The van der Waals surface area contributed by atoms with Gasteiger partial charge in [0.2, 0.25) is 5.91 Å². The van der Waals surface area contributed by atoms with E-state index >= 15 is 0 Å². The average Bonchev–Trinajstić information content (AvgIpc) is 2.52. The van der Waals surface area contributed by atoms with Crippen molar-refractivity contribution in [1.29, 1.82) is 0 Å². The van der Waals surface area contributed by atoms with Gasteiger partial charge in [-0.1, -0.05) is 0 Å².